The van der Waals surface area contributed by atoms with Crippen molar-refractivity contribution in [2.75, 3.05) is 26.3 Å². The molecule has 2 aromatic rings. The summed E-state index contributed by atoms with van der Waals surface area (Å²) in [5.41, 5.74) is 1.81. The van der Waals surface area contributed by atoms with E-state index in [4.69, 9.17) is 9.47 Å². The van der Waals surface area contributed by atoms with Crippen molar-refractivity contribution in [2.24, 2.45) is 5.92 Å². The lowest BCUT2D eigenvalue weighted by molar-refractivity contribution is -0.145. The number of carbonyl (C=O) groups excluding carboxylic acids is 4. The number of nitrogens with one attached hydrogen (secondary N) is 2. The molecule has 0 spiro atoms. The summed E-state index contributed by atoms with van der Waals surface area (Å²) in [6.07, 6.45) is 7.49. The minimum atomic E-state index is -0.685. The summed E-state index contributed by atoms with van der Waals surface area (Å²) in [5.74, 6) is -1.61. The number of benzene rings is 2. The summed E-state index contributed by atoms with van der Waals surface area (Å²) in [6, 6.07) is 18.4. The highest BCUT2D eigenvalue weighted by atomic mass is 16.5. The lowest BCUT2D eigenvalue weighted by Gasteiger charge is -2.26. The number of hydrogen-bond donors (Lipinski definition) is 3. The summed E-state index contributed by atoms with van der Waals surface area (Å²) >= 11 is 0. The topological polar surface area (TPSA) is 134 Å². The molecule has 3 amide bonds. The molecule has 0 aromatic heterocycles. The van der Waals surface area contributed by atoms with E-state index >= 15 is 0 Å². The van der Waals surface area contributed by atoms with Gasteiger partial charge in [0.05, 0.1) is 18.6 Å². The first-order valence-electron chi connectivity index (χ1n) is 16.4. The van der Waals surface area contributed by atoms with Crippen molar-refractivity contribution < 1.29 is 33.8 Å². The zero-order chi connectivity index (χ0) is 34.1. The van der Waals surface area contributed by atoms with Crippen LogP contribution in [0.3, 0.4) is 0 Å². The number of allylic oxidation sites excluding steroid dienone is 2. The van der Waals surface area contributed by atoms with Crippen molar-refractivity contribution in [2.45, 2.75) is 77.0 Å². The van der Waals surface area contributed by atoms with Crippen LogP contribution in [-0.2, 0) is 37.0 Å². The molecule has 0 aliphatic carbocycles. The highest BCUT2D eigenvalue weighted by Gasteiger charge is 2.26. The van der Waals surface area contributed by atoms with Gasteiger partial charge in [0, 0.05) is 32.5 Å². The van der Waals surface area contributed by atoms with Crippen LogP contribution in [0.5, 0.6) is 0 Å². The van der Waals surface area contributed by atoms with Crippen LogP contribution in [-0.4, -0.2) is 66.2 Å². The molecule has 0 heterocycles. The highest BCUT2D eigenvalue weighted by molar-refractivity contribution is 5.86. The number of aliphatic hydroxyl groups excluding tert-OH is 1. The third kappa shape index (κ3) is 17.2. The van der Waals surface area contributed by atoms with E-state index in [9.17, 15) is 24.3 Å². The Morgan fingerprint density at radius 2 is 1.57 bits per heavy atom. The van der Waals surface area contributed by atoms with E-state index in [-0.39, 0.29) is 63.4 Å². The van der Waals surface area contributed by atoms with Crippen LogP contribution in [0.4, 0.5) is 4.79 Å². The summed E-state index contributed by atoms with van der Waals surface area (Å²) in [4.78, 5) is 52.7. The van der Waals surface area contributed by atoms with E-state index in [2.05, 4.69) is 23.8 Å². The van der Waals surface area contributed by atoms with Crippen molar-refractivity contribution in [1.29, 1.82) is 0 Å². The van der Waals surface area contributed by atoms with Gasteiger partial charge >= 0.3 is 12.1 Å². The van der Waals surface area contributed by atoms with Crippen LogP contribution in [0.25, 0.3) is 0 Å². The van der Waals surface area contributed by atoms with Crippen molar-refractivity contribution in [3.63, 3.8) is 0 Å². The summed E-state index contributed by atoms with van der Waals surface area (Å²) in [7, 11) is 0. The first-order chi connectivity index (χ1) is 22.9. The molecule has 0 saturated heterocycles. The van der Waals surface area contributed by atoms with Gasteiger partial charge in [0.1, 0.15) is 13.2 Å². The van der Waals surface area contributed by atoms with Gasteiger partial charge in [-0.15, -0.1) is 13.2 Å². The summed E-state index contributed by atoms with van der Waals surface area (Å²) in [5, 5.41) is 15.3. The van der Waals surface area contributed by atoms with Gasteiger partial charge in [0.2, 0.25) is 11.8 Å². The number of alkyl carbamates (subject to hydrolysis) is 1. The molecule has 2 unspecified atom stereocenters. The average Bonchev–Trinajstić information content (AvgIpc) is 3.08. The maximum Gasteiger partial charge on any atom is 0.407 e. The largest absolute Gasteiger partial charge is 0.463 e. The number of aliphatic hydroxyl groups is 1. The van der Waals surface area contributed by atoms with Gasteiger partial charge in [-0.05, 0) is 56.1 Å². The second-order valence-corrected chi connectivity index (χ2v) is 11.4. The van der Waals surface area contributed by atoms with E-state index in [1.54, 1.807) is 11.0 Å². The molecule has 2 rings (SSSR count). The number of hydrogen-bond acceptors (Lipinski definition) is 7. The molecular weight excluding hydrogens is 598 g/mol. The molecule has 2 aromatic carbocycles. The number of carbonyl (C=O) groups is 4. The van der Waals surface area contributed by atoms with Crippen LogP contribution in [0.15, 0.2) is 86.0 Å². The number of amides is 3. The van der Waals surface area contributed by atoms with Crippen LogP contribution >= 0.6 is 0 Å². The van der Waals surface area contributed by atoms with E-state index in [1.807, 2.05) is 66.7 Å². The summed E-state index contributed by atoms with van der Waals surface area (Å²) < 4.78 is 10.8. The minimum Gasteiger partial charge on any atom is -0.463 e. The van der Waals surface area contributed by atoms with Crippen LogP contribution in [0.1, 0.15) is 68.9 Å². The number of nitrogens with zero attached hydrogens (tertiary/aromatic N) is 1. The van der Waals surface area contributed by atoms with Gasteiger partial charge in [-0.2, -0.15) is 0 Å². The second kappa shape index (κ2) is 23.8. The quantitative estimate of drug-likeness (QED) is 0.0781. The Morgan fingerprint density at radius 3 is 2.23 bits per heavy atom. The number of unbranched alkanes of at least 4 members (excludes halogenated alkanes) is 3. The van der Waals surface area contributed by atoms with Gasteiger partial charge in [-0.25, -0.2) is 4.79 Å². The number of ether oxygens (including phenoxy) is 2. The maximum absolute atomic E-state index is 13.5. The standard InChI is InChI=1S/C37H51N3O7/c1-3-5-6-13-22-35(43)46-29-33(21-14-15-23-38-37(45)47-28-31-19-11-8-12-20-31)39-36(44)32(16-4-2)26-34(42)40(24-25-41)27-30-17-9-7-10-18-30/h3-4,7-12,17-20,32-33,41H,1-2,5-6,13-16,21-29H2,(H,38,45)(H,39,44). The van der Waals surface area contributed by atoms with Crippen molar-refractivity contribution >= 4 is 23.9 Å². The van der Waals surface area contributed by atoms with Crippen molar-refractivity contribution in [3.8, 4) is 0 Å². The monoisotopic (exact) mass is 649 g/mol. The SMILES string of the molecule is C=CCCCCC(=O)OCC(CCCCNC(=O)OCc1ccccc1)NC(=O)C(CC=C)CC(=O)N(CCO)Cc1ccccc1. The number of esters is 1. The first-order valence-corrected chi connectivity index (χ1v) is 16.4. The molecule has 0 fully saturated rings. The Balaban J connectivity index is 1.94. The first kappa shape index (κ1) is 38.7. The zero-order valence-electron chi connectivity index (χ0n) is 27.4. The fraction of sp³-hybridized carbons (Fsp3) is 0.459. The molecule has 0 aliphatic rings. The van der Waals surface area contributed by atoms with Crippen LogP contribution in [0.2, 0.25) is 0 Å². The molecule has 2 atom stereocenters. The molecule has 10 nitrogen and oxygen atoms in total. The lowest BCUT2D eigenvalue weighted by Crippen LogP contribution is -2.44. The third-order valence-corrected chi connectivity index (χ3v) is 7.47. The van der Waals surface area contributed by atoms with Crippen molar-refractivity contribution in [3.05, 3.63) is 97.1 Å². The Bertz CT molecular complexity index is 1220. The van der Waals surface area contributed by atoms with Gasteiger partial charge in [-0.1, -0.05) is 72.8 Å². The minimum absolute atomic E-state index is 0.00201. The Labute approximate surface area is 279 Å². The van der Waals surface area contributed by atoms with E-state index in [1.165, 1.54) is 0 Å². The second-order valence-electron chi connectivity index (χ2n) is 11.4. The maximum atomic E-state index is 13.5. The van der Waals surface area contributed by atoms with Gasteiger partial charge in [0.25, 0.3) is 0 Å². The Hall–Kier alpha value is -4.44. The molecule has 3 N–H and O–H groups in total. The van der Waals surface area contributed by atoms with Gasteiger partial charge in [-0.3, -0.25) is 14.4 Å². The van der Waals surface area contributed by atoms with Crippen LogP contribution in [0, 0.1) is 5.92 Å². The molecule has 0 bridgehead atoms. The number of rotatable bonds is 24. The molecule has 10 heteroatoms. The Morgan fingerprint density at radius 1 is 0.872 bits per heavy atom. The van der Waals surface area contributed by atoms with Crippen LogP contribution < -0.4 is 10.6 Å². The smallest absolute Gasteiger partial charge is 0.407 e. The fourth-order valence-electron chi connectivity index (χ4n) is 4.86. The highest BCUT2D eigenvalue weighted by Crippen LogP contribution is 2.16. The normalized spacial score (nSPS) is 11.9. The van der Waals surface area contributed by atoms with Gasteiger partial charge < -0.3 is 30.1 Å². The molecule has 0 radical (unpaired) electrons. The van der Waals surface area contributed by atoms with Crippen molar-refractivity contribution in [1.82, 2.24) is 15.5 Å². The molecule has 0 aliphatic heterocycles. The molecule has 47 heavy (non-hydrogen) atoms. The fourth-order valence-corrected chi connectivity index (χ4v) is 4.86. The Kier molecular flexibility index (Phi) is 19.6. The van der Waals surface area contributed by atoms with E-state index < -0.39 is 18.1 Å². The molecule has 0 saturated carbocycles. The van der Waals surface area contributed by atoms with E-state index in [0.717, 1.165) is 24.0 Å². The third-order valence-electron chi connectivity index (χ3n) is 7.47. The predicted molar refractivity (Wildman–Crippen MR) is 182 cm³/mol. The molecule has 256 valence electrons. The lowest BCUT2D eigenvalue weighted by atomic mass is 9.98. The molecular formula is C37H51N3O7. The van der Waals surface area contributed by atoms with E-state index in [0.29, 0.717) is 38.8 Å². The predicted octanol–water partition coefficient (Wildman–Crippen LogP) is 5.46. The summed E-state index contributed by atoms with van der Waals surface area (Å²) in [6.45, 7) is 8.29. The van der Waals surface area contributed by atoms with Gasteiger partial charge in [0.15, 0.2) is 0 Å². The average molecular weight is 650 g/mol. The zero-order valence-corrected chi connectivity index (χ0v) is 27.4.